The molecule has 0 atom stereocenters. The van der Waals surface area contributed by atoms with Crippen LogP contribution in [0.1, 0.15) is 16.4 Å². The molecular formula is C9H11N3S3. The van der Waals surface area contributed by atoms with Gasteiger partial charge in [-0.15, -0.1) is 23.1 Å². The van der Waals surface area contributed by atoms with Crippen molar-refractivity contribution in [3.63, 3.8) is 0 Å². The van der Waals surface area contributed by atoms with Gasteiger partial charge in [0.25, 0.3) is 0 Å². The van der Waals surface area contributed by atoms with E-state index >= 15 is 0 Å². The van der Waals surface area contributed by atoms with E-state index in [1.54, 1.807) is 34.4 Å². The number of rotatable bonds is 3. The Morgan fingerprint density at radius 1 is 1.40 bits per heavy atom. The maximum Gasteiger partial charge on any atom is 0.181 e. The summed E-state index contributed by atoms with van der Waals surface area (Å²) < 4.78 is 1.19. The molecule has 0 spiro atoms. The highest BCUT2D eigenvalue weighted by Crippen LogP contribution is 2.32. The zero-order valence-electron chi connectivity index (χ0n) is 8.48. The van der Waals surface area contributed by atoms with Gasteiger partial charge in [0.1, 0.15) is 0 Å². The monoisotopic (exact) mass is 257 g/mol. The molecule has 2 N–H and O–H groups in total. The molecule has 3 nitrogen and oxygen atoms in total. The molecule has 6 heteroatoms. The van der Waals surface area contributed by atoms with Crippen LogP contribution in [-0.2, 0) is 5.75 Å². The molecule has 0 aliphatic carbocycles. The maximum absolute atomic E-state index is 5.63. The van der Waals surface area contributed by atoms with E-state index < -0.39 is 0 Å². The molecule has 80 valence electrons. The van der Waals surface area contributed by atoms with Gasteiger partial charge in [-0.25, -0.2) is 9.97 Å². The van der Waals surface area contributed by atoms with Crippen molar-refractivity contribution < 1.29 is 0 Å². The highest BCUT2D eigenvalue weighted by molar-refractivity contribution is 8.00. The van der Waals surface area contributed by atoms with Crippen LogP contribution >= 0.6 is 34.4 Å². The number of nitrogens with two attached hydrogens (primary N) is 1. The summed E-state index contributed by atoms with van der Waals surface area (Å²) >= 11 is 4.99. The summed E-state index contributed by atoms with van der Waals surface area (Å²) in [6.07, 6.45) is 0. The van der Waals surface area contributed by atoms with Crippen LogP contribution in [0.2, 0.25) is 0 Å². The van der Waals surface area contributed by atoms with Crippen molar-refractivity contribution in [3.05, 3.63) is 21.8 Å². The number of anilines is 1. The lowest BCUT2D eigenvalue weighted by molar-refractivity contribution is 1.17. The van der Waals surface area contributed by atoms with Crippen LogP contribution in [0.15, 0.2) is 9.59 Å². The molecule has 0 unspecified atom stereocenters. The normalized spacial score (nSPS) is 10.8. The highest BCUT2D eigenvalue weighted by Gasteiger charge is 2.07. The molecule has 2 rings (SSSR count). The van der Waals surface area contributed by atoms with E-state index in [0.717, 1.165) is 22.1 Å². The van der Waals surface area contributed by atoms with Crippen molar-refractivity contribution in [2.45, 2.75) is 23.8 Å². The standard InChI is InChI=1S/C9H11N3S3/c1-5-8(15-9(10)11-5)14-4-7-3-13-6(2)12-7/h3H,4H2,1-2H3,(H2,10,11). The zero-order chi connectivity index (χ0) is 10.8. The Bertz CT molecular complexity index is 461. The van der Waals surface area contributed by atoms with Crippen LogP contribution < -0.4 is 5.73 Å². The molecule has 0 aromatic carbocycles. The summed E-state index contributed by atoms with van der Waals surface area (Å²) in [6.45, 7) is 4.01. The summed E-state index contributed by atoms with van der Waals surface area (Å²) in [6, 6.07) is 0. The molecule has 0 saturated carbocycles. The topological polar surface area (TPSA) is 51.8 Å². The molecule has 0 fully saturated rings. The van der Waals surface area contributed by atoms with E-state index in [2.05, 4.69) is 15.3 Å². The Hall–Kier alpha value is -0.590. The number of nitrogen functional groups attached to an aromatic ring is 1. The second-order valence-corrected chi connectivity index (χ2v) is 6.41. The lowest BCUT2D eigenvalue weighted by atomic mass is 10.6. The van der Waals surface area contributed by atoms with Crippen molar-refractivity contribution in [2.24, 2.45) is 0 Å². The van der Waals surface area contributed by atoms with Gasteiger partial charge in [0.05, 0.1) is 20.6 Å². The van der Waals surface area contributed by atoms with Crippen molar-refractivity contribution in [2.75, 3.05) is 5.73 Å². The van der Waals surface area contributed by atoms with Crippen LogP contribution in [0.3, 0.4) is 0 Å². The Morgan fingerprint density at radius 3 is 2.73 bits per heavy atom. The molecule has 15 heavy (non-hydrogen) atoms. The average molecular weight is 257 g/mol. The van der Waals surface area contributed by atoms with E-state index in [0.29, 0.717) is 5.13 Å². The minimum Gasteiger partial charge on any atom is -0.375 e. The summed E-state index contributed by atoms with van der Waals surface area (Å²) in [7, 11) is 0. The first kappa shape index (κ1) is 10.9. The lowest BCUT2D eigenvalue weighted by Gasteiger charge is -1.95. The number of nitrogens with zero attached hydrogens (tertiary/aromatic N) is 2. The summed E-state index contributed by atoms with van der Waals surface area (Å²) in [5, 5.41) is 3.86. The molecule has 0 aliphatic heterocycles. The van der Waals surface area contributed by atoms with Crippen molar-refractivity contribution >= 4 is 39.6 Å². The van der Waals surface area contributed by atoms with Crippen LogP contribution in [-0.4, -0.2) is 9.97 Å². The number of aromatic nitrogens is 2. The molecule has 0 radical (unpaired) electrons. The number of thioether (sulfide) groups is 1. The van der Waals surface area contributed by atoms with Gasteiger partial charge in [0, 0.05) is 11.1 Å². The minimum atomic E-state index is 0.643. The first-order valence-corrected chi connectivity index (χ1v) is 7.10. The molecule has 2 aromatic rings. The molecule has 2 heterocycles. The lowest BCUT2D eigenvalue weighted by Crippen LogP contribution is -1.81. The van der Waals surface area contributed by atoms with E-state index in [1.165, 1.54) is 4.21 Å². The Balaban J connectivity index is 2.01. The number of hydrogen-bond donors (Lipinski definition) is 1. The SMILES string of the molecule is Cc1nc(CSc2sc(N)nc2C)cs1. The summed E-state index contributed by atoms with van der Waals surface area (Å²) in [5.74, 6) is 0.896. The molecule has 0 amide bonds. The van der Waals surface area contributed by atoms with Crippen molar-refractivity contribution in [1.82, 2.24) is 9.97 Å². The second kappa shape index (κ2) is 4.51. The van der Waals surface area contributed by atoms with Gasteiger partial charge in [-0.1, -0.05) is 11.3 Å². The third kappa shape index (κ3) is 2.70. The van der Waals surface area contributed by atoms with E-state index in [-0.39, 0.29) is 0 Å². The minimum absolute atomic E-state index is 0.643. The van der Waals surface area contributed by atoms with Gasteiger partial charge in [-0.3, -0.25) is 0 Å². The fourth-order valence-electron chi connectivity index (χ4n) is 1.15. The Morgan fingerprint density at radius 2 is 2.20 bits per heavy atom. The van der Waals surface area contributed by atoms with Gasteiger partial charge in [0.2, 0.25) is 0 Å². The first-order chi connectivity index (χ1) is 7.15. The Kier molecular flexibility index (Phi) is 3.28. The summed E-state index contributed by atoms with van der Waals surface area (Å²) in [4.78, 5) is 8.60. The van der Waals surface area contributed by atoms with Gasteiger partial charge < -0.3 is 5.73 Å². The first-order valence-electron chi connectivity index (χ1n) is 4.42. The van der Waals surface area contributed by atoms with Crippen LogP contribution in [0.4, 0.5) is 5.13 Å². The van der Waals surface area contributed by atoms with Crippen LogP contribution in [0.25, 0.3) is 0 Å². The van der Waals surface area contributed by atoms with Gasteiger partial charge in [-0.2, -0.15) is 0 Å². The van der Waals surface area contributed by atoms with Crippen LogP contribution in [0, 0.1) is 13.8 Å². The Labute approximate surface area is 101 Å². The van der Waals surface area contributed by atoms with E-state index in [9.17, 15) is 0 Å². The van der Waals surface area contributed by atoms with Gasteiger partial charge in [-0.05, 0) is 13.8 Å². The second-order valence-electron chi connectivity index (χ2n) is 3.07. The third-order valence-corrected chi connectivity index (χ3v) is 4.99. The molecule has 2 aromatic heterocycles. The predicted octanol–water partition coefficient (Wildman–Crippen LogP) is 3.09. The molecule has 0 aliphatic rings. The average Bonchev–Trinajstić information content (AvgIpc) is 2.70. The smallest absolute Gasteiger partial charge is 0.181 e. The number of hydrogen-bond acceptors (Lipinski definition) is 6. The van der Waals surface area contributed by atoms with E-state index in [1.807, 2.05) is 13.8 Å². The fraction of sp³-hybridized carbons (Fsp3) is 0.333. The summed E-state index contributed by atoms with van der Waals surface area (Å²) in [5.41, 5.74) is 7.79. The zero-order valence-corrected chi connectivity index (χ0v) is 10.9. The maximum atomic E-state index is 5.63. The predicted molar refractivity (Wildman–Crippen MR) is 67.7 cm³/mol. The number of aryl methyl sites for hydroxylation is 2. The molecular weight excluding hydrogens is 246 g/mol. The third-order valence-electron chi connectivity index (χ3n) is 1.79. The van der Waals surface area contributed by atoms with Gasteiger partial charge in [0.15, 0.2) is 5.13 Å². The van der Waals surface area contributed by atoms with Crippen molar-refractivity contribution in [3.8, 4) is 0 Å². The van der Waals surface area contributed by atoms with Gasteiger partial charge >= 0.3 is 0 Å². The number of thiazole rings is 2. The largest absolute Gasteiger partial charge is 0.375 e. The highest BCUT2D eigenvalue weighted by atomic mass is 32.2. The van der Waals surface area contributed by atoms with E-state index in [4.69, 9.17) is 5.73 Å². The quantitative estimate of drug-likeness (QED) is 0.858. The fourth-order valence-corrected chi connectivity index (χ4v) is 3.78. The van der Waals surface area contributed by atoms with Crippen LogP contribution in [0.5, 0.6) is 0 Å². The van der Waals surface area contributed by atoms with Crippen molar-refractivity contribution in [1.29, 1.82) is 0 Å². The molecule has 0 bridgehead atoms. The molecule has 0 saturated heterocycles.